The van der Waals surface area contributed by atoms with Crippen molar-refractivity contribution in [1.29, 1.82) is 0 Å². The van der Waals surface area contributed by atoms with Gasteiger partial charge in [-0.1, -0.05) is 63.2 Å². The van der Waals surface area contributed by atoms with Gasteiger partial charge in [0.15, 0.2) is 6.20 Å². The van der Waals surface area contributed by atoms with Crippen LogP contribution >= 0.6 is 0 Å². The van der Waals surface area contributed by atoms with Gasteiger partial charge in [-0.2, -0.15) is 0 Å². The summed E-state index contributed by atoms with van der Waals surface area (Å²) in [6, 6.07) is 22.2. The summed E-state index contributed by atoms with van der Waals surface area (Å²) in [4.78, 5) is 0. The molecule has 0 bridgehead atoms. The highest BCUT2D eigenvalue weighted by Gasteiger charge is 2.21. The van der Waals surface area contributed by atoms with Gasteiger partial charge in [-0.05, 0) is 52.6 Å². The minimum absolute atomic E-state index is 0.0959. The zero-order valence-electron chi connectivity index (χ0n) is 17.8. The summed E-state index contributed by atoms with van der Waals surface area (Å²) in [6.07, 6.45) is 2.09. The Hall–Kier alpha value is -3.00. The van der Waals surface area contributed by atoms with Gasteiger partial charge in [0.2, 0.25) is 5.69 Å². The van der Waals surface area contributed by atoms with Crippen molar-refractivity contribution < 1.29 is 8.96 Å². The summed E-state index contributed by atoms with van der Waals surface area (Å²) < 4.78 is 17.0. The molecule has 0 spiro atoms. The number of aryl methyl sites for hydroxylation is 2. The molecule has 3 aromatic carbocycles. The van der Waals surface area contributed by atoms with Crippen molar-refractivity contribution in [3.8, 4) is 22.4 Å². The summed E-state index contributed by atoms with van der Waals surface area (Å²) >= 11 is 0. The van der Waals surface area contributed by atoms with Gasteiger partial charge in [0.25, 0.3) is 0 Å². The van der Waals surface area contributed by atoms with Gasteiger partial charge in [-0.25, -0.2) is 8.96 Å². The molecule has 1 nitrogen and oxygen atoms in total. The largest absolute Gasteiger partial charge is 0.220 e. The number of aromatic nitrogens is 1. The maximum absolute atomic E-state index is 14.8. The summed E-state index contributed by atoms with van der Waals surface area (Å²) in [6.45, 7) is 8.67. The van der Waals surface area contributed by atoms with Gasteiger partial charge in [-0.15, -0.1) is 0 Å². The minimum atomic E-state index is -0.185. The van der Waals surface area contributed by atoms with Crippen molar-refractivity contribution >= 4 is 10.8 Å². The van der Waals surface area contributed by atoms with Crippen LogP contribution in [0.2, 0.25) is 0 Å². The zero-order valence-corrected chi connectivity index (χ0v) is 17.8. The Labute approximate surface area is 172 Å². The van der Waals surface area contributed by atoms with E-state index in [1.54, 1.807) is 6.07 Å². The number of pyridine rings is 1. The van der Waals surface area contributed by atoms with E-state index in [9.17, 15) is 4.39 Å². The molecule has 0 fully saturated rings. The number of fused-ring (bicyclic) bond motifs is 1. The Morgan fingerprint density at radius 2 is 1.55 bits per heavy atom. The van der Waals surface area contributed by atoms with Crippen molar-refractivity contribution in [2.24, 2.45) is 7.05 Å². The molecule has 0 aliphatic rings. The number of hydrogen-bond acceptors (Lipinski definition) is 0. The zero-order chi connectivity index (χ0) is 20.8. The van der Waals surface area contributed by atoms with Crippen LogP contribution in [0.5, 0.6) is 0 Å². The fourth-order valence-electron chi connectivity index (χ4n) is 3.94. The standard InChI is InChI=1S/C27H27FN/c1-18-15-25(28)24(19-9-7-6-8-10-19)17-23(18)26-22-12-11-21(27(2,3)4)16-20(22)13-14-29(26)5/h6-17H,1-5H3/q+1. The molecule has 29 heavy (non-hydrogen) atoms. The summed E-state index contributed by atoms with van der Waals surface area (Å²) in [5, 5.41) is 2.38. The van der Waals surface area contributed by atoms with E-state index in [2.05, 4.69) is 62.8 Å². The molecule has 0 aliphatic heterocycles. The lowest BCUT2D eigenvalue weighted by atomic mass is 9.85. The fraction of sp³-hybridized carbons (Fsp3) is 0.222. The summed E-state index contributed by atoms with van der Waals surface area (Å²) in [5.74, 6) is -0.185. The van der Waals surface area contributed by atoms with Crippen LogP contribution < -0.4 is 4.57 Å². The Balaban J connectivity index is 1.98. The van der Waals surface area contributed by atoms with Crippen LogP contribution in [-0.2, 0) is 12.5 Å². The van der Waals surface area contributed by atoms with E-state index in [-0.39, 0.29) is 11.2 Å². The molecule has 0 N–H and O–H groups in total. The van der Waals surface area contributed by atoms with Gasteiger partial charge >= 0.3 is 0 Å². The van der Waals surface area contributed by atoms with Crippen molar-refractivity contribution in [2.45, 2.75) is 33.1 Å². The van der Waals surface area contributed by atoms with Gasteiger partial charge in [0, 0.05) is 11.6 Å². The third-order valence-electron chi connectivity index (χ3n) is 5.66. The molecule has 0 unspecified atom stereocenters. The van der Waals surface area contributed by atoms with E-state index < -0.39 is 0 Å². The van der Waals surface area contributed by atoms with E-state index >= 15 is 0 Å². The van der Waals surface area contributed by atoms with E-state index in [1.807, 2.05) is 43.3 Å². The number of hydrogen-bond donors (Lipinski definition) is 0. The third-order valence-corrected chi connectivity index (χ3v) is 5.66. The summed E-state index contributed by atoms with van der Waals surface area (Å²) in [7, 11) is 2.05. The topological polar surface area (TPSA) is 3.88 Å². The first-order valence-corrected chi connectivity index (χ1v) is 10.0. The Morgan fingerprint density at radius 1 is 0.828 bits per heavy atom. The number of nitrogens with zero attached hydrogens (tertiary/aromatic N) is 1. The molecule has 0 saturated carbocycles. The Morgan fingerprint density at radius 3 is 2.24 bits per heavy atom. The van der Waals surface area contributed by atoms with Crippen LogP contribution in [-0.4, -0.2) is 0 Å². The Bertz CT molecular complexity index is 1200. The van der Waals surface area contributed by atoms with Crippen molar-refractivity contribution in [3.63, 3.8) is 0 Å². The van der Waals surface area contributed by atoms with E-state index in [0.29, 0.717) is 5.56 Å². The molecule has 1 heterocycles. The lowest BCUT2D eigenvalue weighted by Gasteiger charge is -2.19. The molecular weight excluding hydrogens is 357 g/mol. The first kappa shape index (κ1) is 19.3. The SMILES string of the molecule is Cc1cc(F)c(-c2ccccc2)cc1-c1c2ccc(C(C)(C)C)cc2cc[n+]1C. The lowest BCUT2D eigenvalue weighted by molar-refractivity contribution is -0.659. The minimum Gasteiger partial charge on any atom is -0.206 e. The van der Waals surface area contributed by atoms with Crippen LogP contribution in [0.15, 0.2) is 72.9 Å². The predicted molar refractivity (Wildman–Crippen MR) is 119 cm³/mol. The number of rotatable bonds is 2. The van der Waals surface area contributed by atoms with Crippen molar-refractivity contribution in [3.05, 3.63) is 89.9 Å². The highest BCUT2D eigenvalue weighted by Crippen LogP contribution is 2.35. The maximum Gasteiger partial charge on any atom is 0.220 e. The van der Waals surface area contributed by atoms with Gasteiger partial charge in [-0.3, -0.25) is 0 Å². The Kier molecular flexibility index (Phi) is 4.74. The normalized spacial score (nSPS) is 11.8. The second kappa shape index (κ2) is 7.11. The third kappa shape index (κ3) is 3.55. The number of halogens is 1. The van der Waals surface area contributed by atoms with Crippen LogP contribution in [0.1, 0.15) is 31.9 Å². The van der Waals surface area contributed by atoms with Gasteiger partial charge in [0.05, 0.1) is 10.9 Å². The molecule has 4 aromatic rings. The van der Waals surface area contributed by atoms with Gasteiger partial charge < -0.3 is 0 Å². The number of benzene rings is 3. The van der Waals surface area contributed by atoms with Crippen molar-refractivity contribution in [2.75, 3.05) is 0 Å². The van der Waals surface area contributed by atoms with Crippen molar-refractivity contribution in [1.82, 2.24) is 0 Å². The molecule has 0 atom stereocenters. The predicted octanol–water partition coefficient (Wildman–Crippen LogP) is 6.74. The highest BCUT2D eigenvalue weighted by atomic mass is 19.1. The monoisotopic (exact) mass is 384 g/mol. The summed E-state index contributed by atoms with van der Waals surface area (Å²) in [5.41, 5.74) is 6.03. The van der Waals surface area contributed by atoms with Crippen LogP contribution in [0.4, 0.5) is 4.39 Å². The van der Waals surface area contributed by atoms with E-state index in [0.717, 1.165) is 22.4 Å². The molecule has 0 saturated heterocycles. The average molecular weight is 385 g/mol. The van der Waals surface area contributed by atoms with E-state index in [1.165, 1.54) is 16.3 Å². The van der Waals surface area contributed by atoms with Crippen LogP contribution in [0, 0.1) is 12.7 Å². The molecule has 4 rings (SSSR count). The molecule has 0 aliphatic carbocycles. The maximum atomic E-state index is 14.8. The molecule has 1 aromatic heterocycles. The molecule has 0 amide bonds. The van der Waals surface area contributed by atoms with Crippen LogP contribution in [0.25, 0.3) is 33.2 Å². The second-order valence-corrected chi connectivity index (χ2v) is 8.84. The molecular formula is C27H27FN+. The van der Waals surface area contributed by atoms with Crippen LogP contribution in [0.3, 0.4) is 0 Å². The molecule has 0 radical (unpaired) electrons. The second-order valence-electron chi connectivity index (χ2n) is 8.84. The first-order valence-electron chi connectivity index (χ1n) is 10.0. The first-order chi connectivity index (χ1) is 13.8. The highest BCUT2D eigenvalue weighted by molar-refractivity contribution is 5.94. The fourth-order valence-corrected chi connectivity index (χ4v) is 3.94. The average Bonchev–Trinajstić information content (AvgIpc) is 2.68. The van der Waals surface area contributed by atoms with E-state index in [4.69, 9.17) is 0 Å². The smallest absolute Gasteiger partial charge is 0.206 e. The molecule has 2 heteroatoms. The lowest BCUT2D eigenvalue weighted by Crippen LogP contribution is -2.30. The molecule has 146 valence electrons. The quantitative estimate of drug-likeness (QED) is 0.337. The van der Waals surface area contributed by atoms with Gasteiger partial charge in [0.1, 0.15) is 12.9 Å².